The molecule has 2 N–H and O–H groups in total. The fourth-order valence-electron chi connectivity index (χ4n) is 0. The van der Waals surface area contributed by atoms with Crippen molar-refractivity contribution in [1.82, 2.24) is 0 Å². The fraction of sp³-hybridized carbons (Fsp3) is 0. The molecule has 0 unspecified atom stereocenters. The molecule has 0 aliphatic carbocycles. The third kappa shape index (κ3) is 2.21. The Morgan fingerprint density at radius 2 is 1.50 bits per heavy atom. The van der Waals surface area contributed by atoms with E-state index >= 15 is 0 Å². The van der Waals surface area contributed by atoms with E-state index in [4.69, 9.17) is 9.59 Å². The topological polar surface area (TPSA) is 74.6 Å². The molecule has 0 aliphatic heterocycles. The van der Waals surface area contributed by atoms with Gasteiger partial charge in [-0.1, -0.05) is 0 Å². The molecule has 6 heteroatoms. The summed E-state index contributed by atoms with van der Waals surface area (Å²) in [6.45, 7) is 0. The number of hydrogen-bond acceptors (Lipinski definition) is 2. The summed E-state index contributed by atoms with van der Waals surface area (Å²) in [5, 5.41) is 0. The molecule has 0 aromatic carbocycles. The van der Waals surface area contributed by atoms with Crippen LogP contribution in [0.25, 0.3) is 0 Å². The van der Waals surface area contributed by atoms with E-state index in [2.05, 4.69) is 0 Å². The van der Waals surface area contributed by atoms with Gasteiger partial charge in [0, 0.05) is 0 Å². The van der Waals surface area contributed by atoms with Gasteiger partial charge in [0.25, 0.3) is 0 Å². The molecule has 0 rings (SSSR count). The Kier molecular flexibility index (Phi) is 2.17. The van der Waals surface area contributed by atoms with Gasteiger partial charge in [-0.3, -0.25) is 0 Å². The maximum atomic E-state index is 9.24. The molecule has 4 nitrogen and oxygen atoms in total. The standard InChI is InChI=1S/H2O4SSi/c1-5(2)6(3)4/h3-4H. The van der Waals surface area contributed by atoms with Gasteiger partial charge in [-0.05, 0) is 0 Å². The van der Waals surface area contributed by atoms with Gasteiger partial charge in [-0.25, -0.2) is 0 Å². The van der Waals surface area contributed by atoms with Crippen molar-refractivity contribution in [3.05, 3.63) is 0 Å². The maximum Gasteiger partial charge on any atom is 0.494 e. The van der Waals surface area contributed by atoms with Crippen LogP contribution in [0.3, 0.4) is 0 Å². The molecule has 0 radical (unpaired) electrons. The summed E-state index contributed by atoms with van der Waals surface area (Å²) in [5.74, 6) is 0. The third-order valence-electron chi connectivity index (χ3n) is 0.149. The second-order valence-corrected chi connectivity index (χ2v) is 3.65. The summed E-state index contributed by atoms with van der Waals surface area (Å²) >= 11 is 0. The van der Waals surface area contributed by atoms with E-state index in [0.29, 0.717) is 0 Å². The Morgan fingerprint density at radius 3 is 1.50 bits per heavy atom. The van der Waals surface area contributed by atoms with Gasteiger partial charge < -0.3 is 9.59 Å². The van der Waals surface area contributed by atoms with Crippen LogP contribution in [0.5, 0.6) is 0 Å². The summed E-state index contributed by atoms with van der Waals surface area (Å²) in [7, 11) is -5.69. The number of hydrogen-bond donors (Lipinski definition) is 2. The average molecular weight is 126 g/mol. The lowest BCUT2D eigenvalue weighted by molar-refractivity contribution is 0.439. The van der Waals surface area contributed by atoms with E-state index in [9.17, 15) is 8.42 Å². The third-order valence-corrected chi connectivity index (χ3v) is 1.34. The molecule has 6 heavy (non-hydrogen) atoms. The summed E-state index contributed by atoms with van der Waals surface area (Å²) < 4.78 is 18.5. The Labute approximate surface area is 36.6 Å². The lowest BCUT2D eigenvalue weighted by Gasteiger charge is -1.59. The minimum atomic E-state index is -3.03. The largest absolute Gasteiger partial charge is 0.494 e. The van der Waals surface area contributed by atoms with Crippen LogP contribution in [0.2, 0.25) is 0 Å². The van der Waals surface area contributed by atoms with Gasteiger partial charge >= 0.3 is 7.99 Å². The summed E-state index contributed by atoms with van der Waals surface area (Å²) in [4.78, 5) is 15.3. The smallest absolute Gasteiger partial charge is 0.377 e. The molecule has 0 saturated heterocycles. The highest BCUT2D eigenvalue weighted by Gasteiger charge is 1.84. The highest BCUT2D eigenvalue weighted by atomic mass is 32.3. The first kappa shape index (κ1) is 5.96. The van der Waals surface area contributed by atoms with Crippen molar-refractivity contribution >= 4 is 17.7 Å². The molecule has 36 valence electrons. The molecule has 0 bridgehead atoms. The van der Waals surface area contributed by atoms with Crippen molar-refractivity contribution in [3.63, 3.8) is 0 Å². The first-order valence-corrected chi connectivity index (χ1v) is 4.18. The molecule has 0 atom stereocenters. The van der Waals surface area contributed by atoms with E-state index < -0.39 is 17.7 Å². The molecule has 0 aliphatic rings. The van der Waals surface area contributed by atoms with Gasteiger partial charge in [-0.2, -0.15) is 8.42 Å². The van der Waals surface area contributed by atoms with Crippen LogP contribution in [-0.4, -0.2) is 26.0 Å². The van der Waals surface area contributed by atoms with Gasteiger partial charge in [0.2, 0.25) is 9.70 Å². The van der Waals surface area contributed by atoms with E-state index in [0.717, 1.165) is 0 Å². The van der Waals surface area contributed by atoms with Crippen LogP contribution in [0.15, 0.2) is 0 Å². The molecule has 0 amide bonds. The fourth-order valence-corrected chi connectivity index (χ4v) is 0. The Bertz CT molecular complexity index is 138. The van der Waals surface area contributed by atoms with Crippen molar-refractivity contribution in [3.8, 4) is 0 Å². The zero-order valence-electron chi connectivity index (χ0n) is 2.62. The van der Waals surface area contributed by atoms with Crippen molar-refractivity contribution < 1.29 is 18.0 Å². The van der Waals surface area contributed by atoms with Gasteiger partial charge in [0.15, 0.2) is 0 Å². The molecule has 0 aromatic rings. The zero-order chi connectivity index (χ0) is 5.15. The monoisotopic (exact) mass is 126 g/mol. The SMILES string of the molecule is O=S(=O)=[Si](O)O. The zero-order valence-corrected chi connectivity index (χ0v) is 4.44. The molecular weight excluding hydrogens is 124 g/mol. The van der Waals surface area contributed by atoms with Crippen molar-refractivity contribution in [2.45, 2.75) is 0 Å². The Hall–Kier alpha value is -0.0431. The quantitative estimate of drug-likeness (QED) is 0.362. The van der Waals surface area contributed by atoms with Crippen LogP contribution in [0.1, 0.15) is 0 Å². The van der Waals surface area contributed by atoms with Crippen LogP contribution in [0.4, 0.5) is 0 Å². The maximum absolute atomic E-state index is 9.24. The normalized spacial score (nSPS) is 7.67. The highest BCUT2D eigenvalue weighted by Crippen LogP contribution is 1.41. The van der Waals surface area contributed by atoms with Crippen LogP contribution < -0.4 is 0 Å². The number of rotatable bonds is 0. The van der Waals surface area contributed by atoms with Gasteiger partial charge in [0.05, 0.1) is 0 Å². The van der Waals surface area contributed by atoms with Crippen molar-refractivity contribution in [2.75, 3.05) is 0 Å². The van der Waals surface area contributed by atoms with Crippen LogP contribution in [-0.2, 0) is 9.70 Å². The van der Waals surface area contributed by atoms with Crippen LogP contribution in [0, 0.1) is 0 Å². The van der Waals surface area contributed by atoms with E-state index in [1.165, 1.54) is 0 Å². The van der Waals surface area contributed by atoms with Crippen LogP contribution >= 0.6 is 0 Å². The van der Waals surface area contributed by atoms with Gasteiger partial charge in [0.1, 0.15) is 0 Å². The molecule has 0 saturated carbocycles. The van der Waals surface area contributed by atoms with E-state index in [1.807, 2.05) is 0 Å². The average Bonchev–Trinajstić information content (AvgIpc) is 1.36. The molecule has 0 heterocycles. The first-order valence-electron chi connectivity index (χ1n) is 0.985. The minimum absolute atomic E-state index is 2.65. The predicted octanol–water partition coefficient (Wildman–Crippen LogP) is -2.17. The highest BCUT2D eigenvalue weighted by molar-refractivity contribution is 7.79. The Balaban J connectivity index is 4.58. The van der Waals surface area contributed by atoms with E-state index in [-0.39, 0.29) is 0 Å². The van der Waals surface area contributed by atoms with Crippen molar-refractivity contribution in [2.24, 2.45) is 0 Å². The van der Waals surface area contributed by atoms with Gasteiger partial charge in [-0.15, -0.1) is 0 Å². The lowest BCUT2D eigenvalue weighted by atomic mass is 15.8. The minimum Gasteiger partial charge on any atom is -0.377 e. The first-order chi connectivity index (χ1) is 2.64. The molecular formula is H2O4SSi. The predicted molar refractivity (Wildman–Crippen MR) is 19.1 cm³/mol. The molecule has 0 fully saturated rings. The molecule has 0 aromatic heterocycles. The summed E-state index contributed by atoms with van der Waals surface area (Å²) in [5.41, 5.74) is 0. The Morgan fingerprint density at radius 1 is 1.33 bits per heavy atom. The summed E-state index contributed by atoms with van der Waals surface area (Å²) in [6, 6.07) is 0. The van der Waals surface area contributed by atoms with Crippen molar-refractivity contribution in [1.29, 1.82) is 0 Å². The van der Waals surface area contributed by atoms with E-state index in [1.54, 1.807) is 0 Å². The summed E-state index contributed by atoms with van der Waals surface area (Å²) in [6.07, 6.45) is 0. The second kappa shape index (κ2) is 2.19. The lowest BCUT2D eigenvalue weighted by Crippen LogP contribution is -1.95. The second-order valence-electron chi connectivity index (χ2n) is 0.517. The molecule has 0 spiro atoms.